The van der Waals surface area contributed by atoms with E-state index >= 15 is 0 Å². The molecule has 164 valence electrons. The third-order valence-electron chi connectivity index (χ3n) is 4.74. The Morgan fingerprint density at radius 2 is 1.77 bits per heavy atom. The molecular weight excluding hydrogens is 430 g/mol. The SMILES string of the molecule is Cc1sc(C(Cc2ccc(NS(=O)[O-])cc2)NC(=O)C(C)(C)C)nc1-c1ccccc1. The van der Waals surface area contributed by atoms with Gasteiger partial charge in [0.25, 0.3) is 0 Å². The first-order chi connectivity index (χ1) is 14.6. The van der Waals surface area contributed by atoms with Gasteiger partial charge < -0.3 is 14.6 Å². The van der Waals surface area contributed by atoms with Crippen molar-refractivity contribution in [3.63, 3.8) is 0 Å². The van der Waals surface area contributed by atoms with Crippen molar-refractivity contribution in [3.8, 4) is 11.3 Å². The fourth-order valence-corrected chi connectivity index (χ4v) is 4.37. The lowest BCUT2D eigenvalue weighted by Crippen LogP contribution is -2.38. The van der Waals surface area contributed by atoms with Gasteiger partial charge in [0.05, 0.1) is 11.7 Å². The van der Waals surface area contributed by atoms with Gasteiger partial charge >= 0.3 is 0 Å². The van der Waals surface area contributed by atoms with Crippen molar-refractivity contribution in [3.05, 3.63) is 70.0 Å². The van der Waals surface area contributed by atoms with Crippen LogP contribution in [-0.4, -0.2) is 19.7 Å². The van der Waals surface area contributed by atoms with Crippen LogP contribution in [0.15, 0.2) is 54.6 Å². The molecule has 1 heterocycles. The predicted octanol–water partition coefficient (Wildman–Crippen LogP) is 4.77. The molecule has 2 atom stereocenters. The Hall–Kier alpha value is -2.55. The molecule has 0 aliphatic rings. The average molecular weight is 457 g/mol. The fourth-order valence-electron chi connectivity index (χ4n) is 3.05. The molecule has 2 aromatic carbocycles. The number of aryl methyl sites for hydroxylation is 1. The van der Waals surface area contributed by atoms with Crippen molar-refractivity contribution < 1.29 is 13.6 Å². The third kappa shape index (κ3) is 6.22. The molecule has 3 rings (SSSR count). The number of nitrogens with zero attached hydrogens (tertiary/aromatic N) is 1. The van der Waals surface area contributed by atoms with E-state index in [0.717, 1.165) is 26.7 Å². The van der Waals surface area contributed by atoms with E-state index in [1.54, 1.807) is 23.5 Å². The Balaban J connectivity index is 1.90. The summed E-state index contributed by atoms with van der Waals surface area (Å²) in [5.41, 5.74) is 2.90. The van der Waals surface area contributed by atoms with Gasteiger partial charge in [-0.25, -0.2) is 4.98 Å². The van der Waals surface area contributed by atoms with E-state index in [4.69, 9.17) is 4.98 Å². The Bertz CT molecular complexity index is 1060. The molecule has 0 saturated carbocycles. The Labute approximate surface area is 189 Å². The zero-order valence-electron chi connectivity index (χ0n) is 18.0. The molecule has 0 saturated heterocycles. The third-order valence-corrected chi connectivity index (χ3v) is 6.23. The van der Waals surface area contributed by atoms with E-state index in [0.29, 0.717) is 12.1 Å². The molecule has 0 aliphatic carbocycles. The van der Waals surface area contributed by atoms with Gasteiger partial charge in [-0.1, -0.05) is 63.2 Å². The van der Waals surface area contributed by atoms with Crippen LogP contribution >= 0.6 is 11.3 Å². The van der Waals surface area contributed by atoms with E-state index in [-0.39, 0.29) is 11.9 Å². The van der Waals surface area contributed by atoms with Gasteiger partial charge in [-0.05, 0) is 31.0 Å². The molecule has 8 heteroatoms. The van der Waals surface area contributed by atoms with Crippen molar-refractivity contribution in [1.29, 1.82) is 0 Å². The molecule has 2 unspecified atom stereocenters. The van der Waals surface area contributed by atoms with Crippen LogP contribution in [0, 0.1) is 12.3 Å². The maximum Gasteiger partial charge on any atom is 0.225 e. The normalized spacial score (nSPS) is 13.5. The van der Waals surface area contributed by atoms with Crippen LogP contribution in [0.3, 0.4) is 0 Å². The average Bonchev–Trinajstić information content (AvgIpc) is 3.10. The highest BCUT2D eigenvalue weighted by molar-refractivity contribution is 7.80. The molecule has 0 bridgehead atoms. The Morgan fingerprint density at radius 3 is 2.35 bits per heavy atom. The molecule has 31 heavy (non-hydrogen) atoms. The van der Waals surface area contributed by atoms with Crippen molar-refractivity contribution in [2.75, 3.05) is 4.72 Å². The van der Waals surface area contributed by atoms with Gasteiger partial charge in [-0.2, -0.15) is 0 Å². The van der Waals surface area contributed by atoms with Crippen molar-refractivity contribution in [2.24, 2.45) is 5.41 Å². The molecule has 0 fully saturated rings. The van der Waals surface area contributed by atoms with Crippen LogP contribution in [0.25, 0.3) is 11.3 Å². The van der Waals surface area contributed by atoms with Crippen LogP contribution in [0.2, 0.25) is 0 Å². The number of amides is 1. The number of thiazole rings is 1. The first-order valence-electron chi connectivity index (χ1n) is 9.92. The Kier molecular flexibility index (Phi) is 7.25. The summed E-state index contributed by atoms with van der Waals surface area (Å²) in [6.07, 6.45) is 0.545. The van der Waals surface area contributed by atoms with E-state index in [9.17, 15) is 13.6 Å². The topological polar surface area (TPSA) is 94.1 Å². The minimum atomic E-state index is -2.36. The highest BCUT2D eigenvalue weighted by Crippen LogP contribution is 2.32. The quantitative estimate of drug-likeness (QED) is 0.501. The van der Waals surface area contributed by atoms with Crippen molar-refractivity contribution in [2.45, 2.75) is 40.2 Å². The second kappa shape index (κ2) is 9.72. The summed E-state index contributed by atoms with van der Waals surface area (Å²) < 4.78 is 24.0. The van der Waals surface area contributed by atoms with Gasteiger partial charge in [0.2, 0.25) is 5.91 Å². The van der Waals surface area contributed by atoms with Crippen LogP contribution in [0.4, 0.5) is 5.69 Å². The summed E-state index contributed by atoms with van der Waals surface area (Å²) >= 11 is -0.784. The molecule has 0 aliphatic heterocycles. The van der Waals surface area contributed by atoms with E-state index in [2.05, 4.69) is 10.0 Å². The van der Waals surface area contributed by atoms with Crippen LogP contribution in [0.1, 0.15) is 42.3 Å². The monoisotopic (exact) mass is 456 g/mol. The summed E-state index contributed by atoms with van der Waals surface area (Å²) in [7, 11) is 0. The number of benzene rings is 2. The standard InChI is InChI=1S/C23H27N3O3S2/c1-15-20(17-8-6-5-7-9-17)25-21(30-15)19(24-22(27)23(2,3)4)14-16-10-12-18(13-11-16)26-31(28)29/h5-13,19,26H,14H2,1-4H3,(H,24,27)(H,28,29)/p-1. The maximum absolute atomic E-state index is 12.8. The second-order valence-electron chi connectivity index (χ2n) is 8.34. The molecule has 3 aromatic rings. The van der Waals surface area contributed by atoms with Crippen LogP contribution < -0.4 is 10.0 Å². The predicted molar refractivity (Wildman–Crippen MR) is 125 cm³/mol. The van der Waals surface area contributed by atoms with Gasteiger partial charge in [0.15, 0.2) is 0 Å². The summed E-state index contributed by atoms with van der Waals surface area (Å²) in [5, 5.41) is 4.00. The van der Waals surface area contributed by atoms with Crippen molar-refractivity contribution in [1.82, 2.24) is 10.3 Å². The first kappa shape index (κ1) is 23.1. The lowest BCUT2D eigenvalue weighted by Gasteiger charge is -2.23. The minimum Gasteiger partial charge on any atom is -0.755 e. The highest BCUT2D eigenvalue weighted by Gasteiger charge is 2.27. The van der Waals surface area contributed by atoms with E-state index in [1.165, 1.54) is 0 Å². The summed E-state index contributed by atoms with van der Waals surface area (Å²) in [6, 6.07) is 16.8. The molecule has 0 spiro atoms. The zero-order chi connectivity index (χ0) is 22.6. The van der Waals surface area contributed by atoms with Crippen LogP contribution in [-0.2, 0) is 22.5 Å². The lowest BCUT2D eigenvalue weighted by atomic mass is 9.94. The number of rotatable bonds is 7. The fraction of sp³-hybridized carbons (Fsp3) is 0.304. The number of carbonyl (C=O) groups is 1. The number of hydrogen-bond acceptors (Lipinski definition) is 5. The molecular formula is C23H26N3O3S2-. The molecule has 1 aromatic heterocycles. The maximum atomic E-state index is 12.8. The van der Waals surface area contributed by atoms with Crippen molar-refractivity contribution >= 4 is 34.2 Å². The zero-order valence-corrected chi connectivity index (χ0v) is 19.6. The number of anilines is 1. The van der Waals surface area contributed by atoms with Crippen LogP contribution in [0.5, 0.6) is 0 Å². The lowest BCUT2D eigenvalue weighted by molar-refractivity contribution is -0.129. The smallest absolute Gasteiger partial charge is 0.225 e. The number of carbonyl (C=O) groups excluding carboxylic acids is 1. The van der Waals surface area contributed by atoms with E-state index in [1.807, 2.05) is 70.2 Å². The van der Waals surface area contributed by atoms with Gasteiger partial charge in [-0.3, -0.25) is 9.00 Å². The summed E-state index contributed by atoms with van der Waals surface area (Å²) in [6.45, 7) is 7.68. The molecule has 0 radical (unpaired) electrons. The number of aromatic nitrogens is 1. The summed E-state index contributed by atoms with van der Waals surface area (Å²) in [4.78, 5) is 18.7. The Morgan fingerprint density at radius 1 is 1.13 bits per heavy atom. The van der Waals surface area contributed by atoms with Gasteiger partial charge in [0.1, 0.15) is 5.01 Å². The minimum absolute atomic E-state index is 0.0494. The number of nitrogens with one attached hydrogen (secondary N) is 2. The van der Waals surface area contributed by atoms with Gasteiger partial charge in [-0.15, -0.1) is 11.3 Å². The number of hydrogen-bond donors (Lipinski definition) is 2. The molecule has 2 N–H and O–H groups in total. The van der Waals surface area contributed by atoms with E-state index < -0.39 is 16.7 Å². The second-order valence-corrected chi connectivity index (χ2v) is 10.2. The van der Waals surface area contributed by atoms with Gasteiger partial charge in [0, 0.05) is 32.8 Å². The largest absolute Gasteiger partial charge is 0.755 e. The highest BCUT2D eigenvalue weighted by atomic mass is 32.2. The summed E-state index contributed by atoms with van der Waals surface area (Å²) in [5.74, 6) is -0.0494. The molecule has 1 amide bonds. The first-order valence-corrected chi connectivity index (χ1v) is 11.8. The molecule has 6 nitrogen and oxygen atoms in total.